The summed E-state index contributed by atoms with van der Waals surface area (Å²) in [6.45, 7) is 1.92. The van der Waals surface area contributed by atoms with E-state index in [1.165, 1.54) is 28.4 Å². The molecular weight excluding hydrogens is 583 g/mol. The maximum absolute atomic E-state index is 12.8. The molecule has 2 aromatic carbocycles. The minimum Gasteiger partial charge on any atom is -0.497 e. The third-order valence-corrected chi connectivity index (χ3v) is 11.3. The van der Waals surface area contributed by atoms with Crippen LogP contribution in [-0.2, 0) is 45.5 Å². The van der Waals surface area contributed by atoms with Gasteiger partial charge in [0.15, 0.2) is 5.75 Å². The first-order valence-corrected chi connectivity index (χ1v) is 17.5. The number of hydrogen-bond donors (Lipinski definition) is 0. The number of ether oxygens (including phenoxy) is 1. The van der Waals surface area contributed by atoms with Gasteiger partial charge in [0, 0.05) is 34.5 Å². The summed E-state index contributed by atoms with van der Waals surface area (Å²) in [5, 5.41) is 4.38. The van der Waals surface area contributed by atoms with E-state index in [1.54, 1.807) is 30.1 Å². The molecule has 0 amide bonds. The Bertz CT molecular complexity index is 1140. The SMILES string of the molecule is COc1ccc(/C=N/N(C)[P+](=S)Oc2ccc(CC(C)N(CP(=O)(OC)OC)CP(=O)(OC)OC)cc2)cc1. The number of rotatable bonds is 17. The Balaban J connectivity index is 2.04. The molecule has 0 saturated carbocycles. The number of methoxy groups -OCH3 is 1. The monoisotopic (exact) mass is 620 g/mol. The van der Waals surface area contributed by atoms with Gasteiger partial charge in [0.05, 0.1) is 20.4 Å². The zero-order valence-corrected chi connectivity index (χ0v) is 26.8. The Labute approximate surface area is 237 Å². The molecule has 15 heteroatoms. The van der Waals surface area contributed by atoms with Gasteiger partial charge in [-0.25, -0.2) is 0 Å². The van der Waals surface area contributed by atoms with E-state index in [-0.39, 0.29) is 18.6 Å². The number of benzene rings is 2. The van der Waals surface area contributed by atoms with E-state index in [4.69, 9.17) is 39.2 Å². The molecule has 0 fully saturated rings. The molecule has 0 saturated heterocycles. The first-order chi connectivity index (χ1) is 18.5. The highest BCUT2D eigenvalue weighted by Gasteiger charge is 2.34. The van der Waals surface area contributed by atoms with Crippen LogP contribution in [-0.4, -0.2) is 77.1 Å². The highest BCUT2D eigenvalue weighted by molar-refractivity contribution is 8.02. The molecule has 0 spiro atoms. The van der Waals surface area contributed by atoms with Crippen molar-refractivity contribution in [2.45, 2.75) is 19.4 Å². The summed E-state index contributed by atoms with van der Waals surface area (Å²) in [6, 6.07) is 14.8. The Hall–Kier alpha value is -1.71. The van der Waals surface area contributed by atoms with E-state index in [0.29, 0.717) is 12.2 Å². The maximum atomic E-state index is 12.8. The lowest BCUT2D eigenvalue weighted by Crippen LogP contribution is -2.37. The number of nitrogens with zero attached hydrogens (tertiary/aromatic N) is 3. The fourth-order valence-corrected chi connectivity index (χ4v) is 6.84. The maximum Gasteiger partial charge on any atom is 0.540 e. The quantitative estimate of drug-likeness (QED) is 0.119. The van der Waals surface area contributed by atoms with Gasteiger partial charge in [-0.2, -0.15) is 0 Å². The standard InChI is InChI=1S/C24H37N3O8P3S/c1-20(27(18-37(28,31-4)32-5)19-38(29,33-6)34-7)16-21-8-14-24(15-9-21)35-36(39)26(2)25-17-22-10-12-23(30-3)13-11-22/h8-15,17,20H,16,18-19H2,1-7H3/q+1/b25-17+. The molecule has 2 rings (SSSR count). The number of hydrogen-bond acceptors (Lipinski definition) is 11. The van der Waals surface area contributed by atoms with E-state index in [2.05, 4.69) is 5.10 Å². The zero-order chi connectivity index (χ0) is 29.1. The summed E-state index contributed by atoms with van der Waals surface area (Å²) in [4.78, 5) is 1.73. The van der Waals surface area contributed by atoms with Gasteiger partial charge in [0.1, 0.15) is 18.3 Å². The van der Waals surface area contributed by atoms with Gasteiger partial charge in [0.25, 0.3) is 0 Å². The fraction of sp³-hybridized carbons (Fsp3) is 0.458. The first kappa shape index (κ1) is 33.5. The fourth-order valence-electron chi connectivity index (χ4n) is 3.34. The van der Waals surface area contributed by atoms with Crippen molar-refractivity contribution in [2.75, 3.05) is 55.2 Å². The Morgan fingerprint density at radius 1 is 0.872 bits per heavy atom. The van der Waals surface area contributed by atoms with Gasteiger partial charge < -0.3 is 22.8 Å². The van der Waals surface area contributed by atoms with Crippen LogP contribution < -0.4 is 9.26 Å². The molecule has 11 nitrogen and oxygen atoms in total. The summed E-state index contributed by atoms with van der Waals surface area (Å²) in [6.07, 6.45) is 2.10. The van der Waals surface area contributed by atoms with Crippen molar-refractivity contribution in [3.63, 3.8) is 0 Å². The second kappa shape index (κ2) is 15.9. The Morgan fingerprint density at radius 2 is 1.36 bits per heavy atom. The molecule has 0 aromatic heterocycles. The largest absolute Gasteiger partial charge is 0.540 e. The molecule has 2 atom stereocenters. The normalized spacial score (nSPS) is 13.5. The molecule has 2 aromatic rings. The summed E-state index contributed by atoms with van der Waals surface area (Å²) in [7, 11) is 0.360. The van der Waals surface area contributed by atoms with Gasteiger partial charge in [-0.1, -0.05) is 16.9 Å². The third kappa shape index (κ3) is 10.7. The Morgan fingerprint density at radius 3 is 1.82 bits per heavy atom. The van der Waals surface area contributed by atoms with Crippen LogP contribution >= 0.6 is 22.3 Å². The average molecular weight is 621 g/mol. The molecule has 39 heavy (non-hydrogen) atoms. The molecule has 0 aliphatic carbocycles. The second-order valence-electron chi connectivity index (χ2n) is 8.36. The summed E-state index contributed by atoms with van der Waals surface area (Å²) >= 11 is 5.51. The van der Waals surface area contributed by atoms with Crippen LogP contribution in [0.25, 0.3) is 0 Å². The van der Waals surface area contributed by atoms with E-state index in [1.807, 2.05) is 55.5 Å². The lowest BCUT2D eigenvalue weighted by Gasteiger charge is -2.32. The van der Waals surface area contributed by atoms with Crippen molar-refractivity contribution in [1.82, 2.24) is 9.68 Å². The lowest BCUT2D eigenvalue weighted by molar-refractivity contribution is 0.196. The average Bonchev–Trinajstić information content (AvgIpc) is 2.96. The lowest BCUT2D eigenvalue weighted by atomic mass is 10.1. The summed E-state index contributed by atoms with van der Waals surface area (Å²) in [5.74, 6) is 1.39. The molecule has 2 unspecified atom stereocenters. The van der Waals surface area contributed by atoms with E-state index >= 15 is 0 Å². The predicted octanol–water partition coefficient (Wildman–Crippen LogP) is 5.93. The van der Waals surface area contributed by atoms with Crippen LogP contribution in [0.5, 0.6) is 11.5 Å². The van der Waals surface area contributed by atoms with Gasteiger partial charge in [0.2, 0.25) is 11.8 Å². The molecule has 216 valence electrons. The van der Waals surface area contributed by atoms with E-state index in [0.717, 1.165) is 16.9 Å². The zero-order valence-electron chi connectivity index (χ0n) is 23.3. The summed E-state index contributed by atoms with van der Waals surface area (Å²) in [5.41, 5.74) is 1.89. The van der Waals surface area contributed by atoms with Crippen molar-refractivity contribution >= 4 is 40.3 Å². The first-order valence-electron chi connectivity index (χ1n) is 11.8. The topological polar surface area (TPSA) is 108 Å². The van der Waals surface area contributed by atoms with Crippen molar-refractivity contribution < 1.29 is 36.5 Å². The van der Waals surface area contributed by atoms with Gasteiger partial charge >= 0.3 is 22.3 Å². The van der Waals surface area contributed by atoms with Crippen molar-refractivity contribution in [2.24, 2.45) is 5.10 Å². The van der Waals surface area contributed by atoms with Crippen molar-refractivity contribution in [3.8, 4) is 11.5 Å². The summed E-state index contributed by atoms with van der Waals surface area (Å²) < 4.78 is 58.8. The van der Waals surface area contributed by atoms with Crippen LogP contribution in [0.15, 0.2) is 53.6 Å². The molecule has 0 heterocycles. The van der Waals surface area contributed by atoms with E-state index < -0.39 is 22.3 Å². The second-order valence-corrected chi connectivity index (χ2v) is 15.0. The predicted molar refractivity (Wildman–Crippen MR) is 158 cm³/mol. The van der Waals surface area contributed by atoms with Crippen LogP contribution in [0.2, 0.25) is 0 Å². The number of hydrazone groups is 1. The molecule has 0 bridgehead atoms. The molecular formula is C24H37N3O8P3S+. The van der Waals surface area contributed by atoms with Gasteiger partial charge in [-0.3, -0.25) is 18.6 Å². The smallest absolute Gasteiger partial charge is 0.497 e. The van der Waals surface area contributed by atoms with Gasteiger partial charge in [-0.05, 0) is 60.9 Å². The third-order valence-electron chi connectivity index (χ3n) is 5.81. The highest BCUT2D eigenvalue weighted by atomic mass is 32.4. The molecule has 0 N–H and O–H groups in total. The Kier molecular flexibility index (Phi) is 13.7. The van der Waals surface area contributed by atoms with E-state index in [9.17, 15) is 9.13 Å². The van der Waals surface area contributed by atoms with Crippen molar-refractivity contribution in [1.29, 1.82) is 0 Å². The van der Waals surface area contributed by atoms with Crippen LogP contribution in [0.3, 0.4) is 0 Å². The van der Waals surface area contributed by atoms with Crippen LogP contribution in [0.4, 0.5) is 0 Å². The molecule has 0 radical (unpaired) electrons. The van der Waals surface area contributed by atoms with Crippen LogP contribution in [0, 0.1) is 0 Å². The van der Waals surface area contributed by atoms with Crippen LogP contribution in [0.1, 0.15) is 18.1 Å². The molecule has 0 aliphatic rings. The highest BCUT2D eigenvalue weighted by Crippen LogP contribution is 2.52. The minimum absolute atomic E-state index is 0.0807. The minimum atomic E-state index is -3.42. The molecule has 0 aliphatic heterocycles. The van der Waals surface area contributed by atoms with Gasteiger partial charge in [-0.15, -0.1) is 5.10 Å². The van der Waals surface area contributed by atoms with Crippen molar-refractivity contribution in [3.05, 3.63) is 59.7 Å².